The average molecular weight is 296 g/mol. The number of carbonyl (C=O) groups is 1. The fourth-order valence-corrected chi connectivity index (χ4v) is 2.40. The number of nitrogens with zero attached hydrogens (tertiary/aromatic N) is 2. The summed E-state index contributed by atoms with van der Waals surface area (Å²) in [5.41, 5.74) is -0.105. The molecule has 1 aromatic heterocycles. The number of aliphatic hydroxyl groups excluding tert-OH is 1. The highest BCUT2D eigenvalue weighted by molar-refractivity contribution is 5.68. The molecule has 0 radical (unpaired) electrons. The lowest BCUT2D eigenvalue weighted by atomic mass is 9.96. The maximum atomic E-state index is 13.1. The van der Waals surface area contributed by atoms with E-state index in [2.05, 4.69) is 4.98 Å². The number of aliphatic hydroxyl groups is 1. The monoisotopic (exact) mass is 296 g/mol. The Kier molecular flexibility index (Phi) is 4.46. The van der Waals surface area contributed by atoms with Crippen molar-refractivity contribution in [2.45, 2.75) is 38.9 Å². The Hall–Kier alpha value is -1.69. The van der Waals surface area contributed by atoms with E-state index in [-0.39, 0.29) is 12.0 Å². The average Bonchev–Trinajstić information content (AvgIpc) is 2.85. The Morgan fingerprint density at radius 1 is 1.52 bits per heavy atom. The molecule has 5 nitrogen and oxygen atoms in total. The van der Waals surface area contributed by atoms with Crippen LogP contribution in [0.15, 0.2) is 18.5 Å². The SMILES string of the molecule is CC(C)(C)OC(=O)N1CCC([C@H](O)c2cncc(F)c2)C1. The van der Waals surface area contributed by atoms with Crippen molar-refractivity contribution in [3.05, 3.63) is 29.8 Å². The zero-order valence-electron chi connectivity index (χ0n) is 12.5. The molecule has 0 aliphatic carbocycles. The number of carbonyl (C=O) groups excluding carboxylic acids is 1. The molecule has 1 amide bonds. The van der Waals surface area contributed by atoms with Crippen molar-refractivity contribution in [1.29, 1.82) is 0 Å². The van der Waals surface area contributed by atoms with Crippen LogP contribution in [0.1, 0.15) is 38.9 Å². The molecule has 21 heavy (non-hydrogen) atoms. The Morgan fingerprint density at radius 2 is 2.24 bits per heavy atom. The highest BCUT2D eigenvalue weighted by Crippen LogP contribution is 2.30. The van der Waals surface area contributed by atoms with Crippen molar-refractivity contribution in [3.8, 4) is 0 Å². The molecule has 116 valence electrons. The molecule has 1 aliphatic rings. The third-order valence-electron chi connectivity index (χ3n) is 3.39. The number of rotatable bonds is 2. The van der Waals surface area contributed by atoms with Gasteiger partial charge in [-0.3, -0.25) is 4.98 Å². The fourth-order valence-electron chi connectivity index (χ4n) is 2.40. The van der Waals surface area contributed by atoms with Crippen LogP contribution in [0.3, 0.4) is 0 Å². The molecule has 1 saturated heterocycles. The summed E-state index contributed by atoms with van der Waals surface area (Å²) in [6.45, 7) is 6.36. The van der Waals surface area contributed by atoms with Crippen molar-refractivity contribution < 1.29 is 19.0 Å². The van der Waals surface area contributed by atoms with Crippen LogP contribution in [0.4, 0.5) is 9.18 Å². The van der Waals surface area contributed by atoms with Gasteiger partial charge in [-0.05, 0) is 33.3 Å². The maximum Gasteiger partial charge on any atom is 0.410 e. The van der Waals surface area contributed by atoms with E-state index in [9.17, 15) is 14.3 Å². The number of halogens is 1. The molecule has 1 N–H and O–H groups in total. The van der Waals surface area contributed by atoms with Gasteiger partial charge >= 0.3 is 6.09 Å². The van der Waals surface area contributed by atoms with Crippen molar-refractivity contribution in [1.82, 2.24) is 9.88 Å². The van der Waals surface area contributed by atoms with Gasteiger partial charge in [-0.1, -0.05) is 0 Å². The largest absolute Gasteiger partial charge is 0.444 e. The summed E-state index contributed by atoms with van der Waals surface area (Å²) in [7, 11) is 0. The summed E-state index contributed by atoms with van der Waals surface area (Å²) in [5, 5.41) is 10.3. The molecule has 1 unspecified atom stereocenters. The topological polar surface area (TPSA) is 62.7 Å². The Labute approximate surface area is 123 Å². The lowest BCUT2D eigenvalue weighted by Gasteiger charge is -2.25. The van der Waals surface area contributed by atoms with Crippen LogP contribution < -0.4 is 0 Å². The molecule has 2 atom stereocenters. The zero-order valence-corrected chi connectivity index (χ0v) is 12.5. The van der Waals surface area contributed by atoms with Gasteiger partial charge in [0.25, 0.3) is 0 Å². The minimum absolute atomic E-state index is 0.138. The number of pyridine rings is 1. The van der Waals surface area contributed by atoms with Gasteiger partial charge in [-0.2, -0.15) is 0 Å². The van der Waals surface area contributed by atoms with Crippen molar-refractivity contribution in [2.75, 3.05) is 13.1 Å². The van der Waals surface area contributed by atoms with E-state index in [0.29, 0.717) is 25.1 Å². The minimum atomic E-state index is -0.833. The van der Waals surface area contributed by atoms with Crippen molar-refractivity contribution in [2.24, 2.45) is 5.92 Å². The van der Waals surface area contributed by atoms with Gasteiger partial charge in [0.1, 0.15) is 11.4 Å². The Balaban J connectivity index is 1.97. The molecule has 1 fully saturated rings. The molecule has 2 heterocycles. The maximum absolute atomic E-state index is 13.1. The number of hydrogen-bond acceptors (Lipinski definition) is 4. The molecule has 0 spiro atoms. The van der Waals surface area contributed by atoms with Gasteiger partial charge in [-0.25, -0.2) is 9.18 Å². The number of amides is 1. The zero-order chi connectivity index (χ0) is 15.6. The second-order valence-electron chi connectivity index (χ2n) is 6.36. The summed E-state index contributed by atoms with van der Waals surface area (Å²) in [6, 6.07) is 1.27. The van der Waals surface area contributed by atoms with E-state index in [1.807, 2.05) is 20.8 Å². The third kappa shape index (κ3) is 4.14. The van der Waals surface area contributed by atoms with Gasteiger partial charge in [0.05, 0.1) is 12.3 Å². The third-order valence-corrected chi connectivity index (χ3v) is 3.39. The van der Waals surface area contributed by atoms with Crippen LogP contribution in [0.5, 0.6) is 0 Å². The predicted molar refractivity (Wildman–Crippen MR) is 75.1 cm³/mol. The molecule has 6 heteroatoms. The second kappa shape index (κ2) is 5.97. The van der Waals surface area contributed by atoms with Gasteiger partial charge in [-0.15, -0.1) is 0 Å². The normalized spacial score (nSPS) is 20.4. The first-order valence-electron chi connectivity index (χ1n) is 7.03. The number of ether oxygens (including phenoxy) is 1. The van der Waals surface area contributed by atoms with Crippen LogP contribution in [-0.2, 0) is 4.74 Å². The molecule has 1 aromatic rings. The van der Waals surface area contributed by atoms with Gasteiger partial charge in [0, 0.05) is 30.8 Å². The van der Waals surface area contributed by atoms with Gasteiger partial charge in [0.2, 0.25) is 0 Å². The molecule has 2 rings (SSSR count). The number of likely N-dealkylation sites (tertiary alicyclic amines) is 1. The summed E-state index contributed by atoms with van der Waals surface area (Å²) in [5.74, 6) is -0.616. The molecular formula is C15H21FN2O3. The first-order valence-corrected chi connectivity index (χ1v) is 7.03. The summed E-state index contributed by atoms with van der Waals surface area (Å²) in [4.78, 5) is 17.3. The predicted octanol–water partition coefficient (Wildman–Crippen LogP) is 2.51. The molecule has 0 bridgehead atoms. The number of aromatic nitrogens is 1. The first-order chi connectivity index (χ1) is 9.76. The Bertz CT molecular complexity index is 516. The summed E-state index contributed by atoms with van der Waals surface area (Å²) in [6.07, 6.45) is 1.98. The number of hydrogen-bond donors (Lipinski definition) is 1. The molecular weight excluding hydrogens is 275 g/mol. The van der Waals surface area contributed by atoms with Crippen molar-refractivity contribution >= 4 is 6.09 Å². The standard InChI is InChI=1S/C15H21FN2O3/c1-15(2,3)21-14(20)18-5-4-10(9-18)13(19)11-6-12(16)8-17-7-11/h6-8,10,13,19H,4-5,9H2,1-3H3/t10?,13-/m0/s1. The van der Waals surface area contributed by atoms with Crippen LogP contribution in [0.2, 0.25) is 0 Å². The van der Waals surface area contributed by atoms with E-state index in [4.69, 9.17) is 4.74 Å². The molecule has 0 aromatic carbocycles. The summed E-state index contributed by atoms with van der Waals surface area (Å²) >= 11 is 0. The van der Waals surface area contributed by atoms with E-state index >= 15 is 0 Å². The van der Waals surface area contributed by atoms with E-state index in [1.165, 1.54) is 12.3 Å². The molecule has 1 aliphatic heterocycles. The lowest BCUT2D eigenvalue weighted by Crippen LogP contribution is -2.35. The second-order valence-corrected chi connectivity index (χ2v) is 6.36. The van der Waals surface area contributed by atoms with E-state index in [1.54, 1.807) is 4.90 Å². The van der Waals surface area contributed by atoms with E-state index in [0.717, 1.165) is 6.20 Å². The quantitative estimate of drug-likeness (QED) is 0.911. The van der Waals surface area contributed by atoms with Crippen LogP contribution in [-0.4, -0.2) is 39.8 Å². The van der Waals surface area contributed by atoms with E-state index < -0.39 is 17.5 Å². The Morgan fingerprint density at radius 3 is 2.86 bits per heavy atom. The smallest absolute Gasteiger partial charge is 0.410 e. The van der Waals surface area contributed by atoms with Crippen LogP contribution in [0.25, 0.3) is 0 Å². The molecule has 0 saturated carbocycles. The fraction of sp³-hybridized carbons (Fsp3) is 0.600. The highest BCUT2D eigenvalue weighted by atomic mass is 19.1. The van der Waals surface area contributed by atoms with Crippen LogP contribution >= 0.6 is 0 Å². The lowest BCUT2D eigenvalue weighted by molar-refractivity contribution is 0.0268. The minimum Gasteiger partial charge on any atom is -0.444 e. The highest BCUT2D eigenvalue weighted by Gasteiger charge is 2.34. The first kappa shape index (κ1) is 15.7. The summed E-state index contributed by atoms with van der Waals surface area (Å²) < 4.78 is 18.5. The van der Waals surface area contributed by atoms with Crippen LogP contribution in [0, 0.1) is 11.7 Å². The van der Waals surface area contributed by atoms with Crippen molar-refractivity contribution in [3.63, 3.8) is 0 Å². The van der Waals surface area contributed by atoms with Gasteiger partial charge < -0.3 is 14.7 Å². The van der Waals surface area contributed by atoms with Gasteiger partial charge in [0.15, 0.2) is 0 Å².